The minimum absolute atomic E-state index is 0.635. The Labute approximate surface area is 106 Å². The lowest BCUT2D eigenvalue weighted by molar-refractivity contribution is 0.127. The van der Waals surface area contributed by atoms with Crippen molar-refractivity contribution in [1.29, 1.82) is 0 Å². The van der Waals surface area contributed by atoms with E-state index in [0.717, 1.165) is 32.1 Å². The summed E-state index contributed by atoms with van der Waals surface area (Å²) < 4.78 is 0.635. The quantitative estimate of drug-likeness (QED) is 0.905. The van der Waals surface area contributed by atoms with E-state index in [-0.39, 0.29) is 0 Å². The van der Waals surface area contributed by atoms with E-state index in [2.05, 4.69) is 16.8 Å². The maximum absolute atomic E-state index is 5.83. The molecule has 0 bridgehead atoms. The summed E-state index contributed by atoms with van der Waals surface area (Å²) in [6.07, 6.45) is 3.12. The molecule has 0 saturated carbocycles. The average molecular weight is 260 g/mol. The van der Waals surface area contributed by atoms with Crippen molar-refractivity contribution >= 4 is 22.9 Å². The Kier molecular flexibility index (Phi) is 4.19. The average Bonchev–Trinajstić information content (AvgIpc) is 2.67. The van der Waals surface area contributed by atoms with Crippen molar-refractivity contribution in [2.75, 3.05) is 19.6 Å². The molecule has 90 valence electrons. The van der Waals surface area contributed by atoms with Crippen LogP contribution in [0.4, 0.5) is 0 Å². The van der Waals surface area contributed by atoms with Crippen molar-refractivity contribution < 1.29 is 0 Å². The van der Waals surface area contributed by atoms with Gasteiger partial charge in [0.15, 0.2) is 4.47 Å². The fraction of sp³-hybridized carbons (Fsp3) is 0.727. The number of nitrogens with zero attached hydrogens (tertiary/aromatic N) is 2. The Bertz CT molecular complexity index is 342. The summed E-state index contributed by atoms with van der Waals surface area (Å²) in [4.78, 5) is 7.77. The summed E-state index contributed by atoms with van der Waals surface area (Å²) in [6.45, 7) is 6.33. The van der Waals surface area contributed by atoms with Crippen molar-refractivity contribution in [1.82, 2.24) is 9.88 Å². The van der Waals surface area contributed by atoms with Crippen LogP contribution in [-0.4, -0.2) is 29.5 Å². The Balaban J connectivity index is 1.91. The predicted octanol–water partition coefficient (Wildman–Crippen LogP) is 2.21. The smallest absolute Gasteiger partial charge is 0.183 e. The summed E-state index contributed by atoms with van der Waals surface area (Å²) in [5.74, 6) is 1.39. The van der Waals surface area contributed by atoms with Crippen LogP contribution in [0.3, 0.4) is 0 Å². The summed E-state index contributed by atoms with van der Waals surface area (Å²) in [5, 5.41) is 0. The Hall–Kier alpha value is -0.160. The van der Waals surface area contributed by atoms with Crippen LogP contribution >= 0.6 is 22.9 Å². The molecule has 1 saturated heterocycles. The van der Waals surface area contributed by atoms with E-state index in [0.29, 0.717) is 10.4 Å². The zero-order chi connectivity index (χ0) is 11.5. The molecule has 2 atom stereocenters. The summed E-state index contributed by atoms with van der Waals surface area (Å²) in [5.41, 5.74) is 5.80. The minimum Gasteiger partial charge on any atom is -0.330 e. The van der Waals surface area contributed by atoms with Gasteiger partial charge in [-0.15, -0.1) is 11.3 Å². The SMILES string of the molecule is CC1CCN(Cc2cnc(Cl)s2)CC1CN. The van der Waals surface area contributed by atoms with Gasteiger partial charge in [0.1, 0.15) is 0 Å². The van der Waals surface area contributed by atoms with Crippen molar-refractivity contribution in [3.63, 3.8) is 0 Å². The van der Waals surface area contributed by atoms with E-state index in [4.69, 9.17) is 17.3 Å². The molecule has 2 rings (SSSR count). The topological polar surface area (TPSA) is 42.2 Å². The Morgan fingerprint density at radius 1 is 1.69 bits per heavy atom. The van der Waals surface area contributed by atoms with E-state index in [9.17, 15) is 0 Å². The van der Waals surface area contributed by atoms with Gasteiger partial charge in [0.05, 0.1) is 0 Å². The number of thiazole rings is 1. The Morgan fingerprint density at radius 2 is 2.50 bits per heavy atom. The molecule has 0 aliphatic carbocycles. The van der Waals surface area contributed by atoms with Crippen LogP contribution in [0.15, 0.2) is 6.20 Å². The predicted molar refractivity (Wildman–Crippen MR) is 68.7 cm³/mol. The molecule has 3 nitrogen and oxygen atoms in total. The molecule has 0 aromatic carbocycles. The number of aromatic nitrogens is 1. The molecule has 1 aliphatic heterocycles. The number of likely N-dealkylation sites (tertiary alicyclic amines) is 1. The molecule has 0 amide bonds. The van der Waals surface area contributed by atoms with Gasteiger partial charge in [-0.2, -0.15) is 0 Å². The first-order valence-electron chi connectivity index (χ1n) is 5.71. The number of halogens is 1. The highest BCUT2D eigenvalue weighted by molar-refractivity contribution is 7.15. The molecule has 5 heteroatoms. The van der Waals surface area contributed by atoms with Crippen LogP contribution < -0.4 is 5.73 Å². The van der Waals surface area contributed by atoms with Crippen LogP contribution in [-0.2, 0) is 6.54 Å². The van der Waals surface area contributed by atoms with Crippen molar-refractivity contribution in [3.05, 3.63) is 15.5 Å². The molecular weight excluding hydrogens is 242 g/mol. The van der Waals surface area contributed by atoms with Gasteiger partial charge in [0, 0.05) is 24.2 Å². The van der Waals surface area contributed by atoms with Crippen LogP contribution in [0.2, 0.25) is 4.47 Å². The van der Waals surface area contributed by atoms with Crippen LogP contribution in [0.25, 0.3) is 0 Å². The number of hydrogen-bond acceptors (Lipinski definition) is 4. The lowest BCUT2D eigenvalue weighted by atomic mass is 9.87. The second kappa shape index (κ2) is 5.45. The van der Waals surface area contributed by atoms with E-state index in [1.165, 1.54) is 11.3 Å². The zero-order valence-electron chi connectivity index (χ0n) is 9.53. The standard InChI is InChI=1S/C11H18ClN3S/c1-8-2-3-15(6-9(8)4-13)7-10-5-14-11(12)16-10/h5,8-9H,2-4,6-7,13H2,1H3. The summed E-state index contributed by atoms with van der Waals surface area (Å²) >= 11 is 7.40. The highest BCUT2D eigenvalue weighted by Crippen LogP contribution is 2.25. The number of piperidine rings is 1. The monoisotopic (exact) mass is 259 g/mol. The summed E-state index contributed by atoms with van der Waals surface area (Å²) in [6, 6.07) is 0. The number of rotatable bonds is 3. The molecule has 2 heterocycles. The third-order valence-electron chi connectivity index (χ3n) is 3.41. The highest BCUT2D eigenvalue weighted by Gasteiger charge is 2.25. The largest absolute Gasteiger partial charge is 0.330 e. The van der Waals surface area contributed by atoms with E-state index < -0.39 is 0 Å². The fourth-order valence-electron chi connectivity index (χ4n) is 2.25. The van der Waals surface area contributed by atoms with E-state index >= 15 is 0 Å². The third kappa shape index (κ3) is 2.94. The molecule has 2 unspecified atom stereocenters. The highest BCUT2D eigenvalue weighted by atomic mass is 35.5. The molecule has 0 spiro atoms. The normalized spacial score (nSPS) is 27.2. The second-order valence-corrected chi connectivity index (χ2v) is 6.27. The van der Waals surface area contributed by atoms with Gasteiger partial charge in [-0.1, -0.05) is 18.5 Å². The summed E-state index contributed by atoms with van der Waals surface area (Å²) in [7, 11) is 0. The van der Waals surface area contributed by atoms with Gasteiger partial charge in [-0.25, -0.2) is 4.98 Å². The molecular formula is C11H18ClN3S. The van der Waals surface area contributed by atoms with Crippen molar-refractivity contribution in [2.45, 2.75) is 19.9 Å². The minimum atomic E-state index is 0.635. The van der Waals surface area contributed by atoms with Crippen molar-refractivity contribution in [3.8, 4) is 0 Å². The van der Waals surface area contributed by atoms with Gasteiger partial charge >= 0.3 is 0 Å². The zero-order valence-corrected chi connectivity index (χ0v) is 11.1. The van der Waals surface area contributed by atoms with Crippen LogP contribution in [0, 0.1) is 11.8 Å². The first kappa shape index (κ1) is 12.3. The van der Waals surface area contributed by atoms with Crippen LogP contribution in [0.1, 0.15) is 18.2 Å². The molecule has 16 heavy (non-hydrogen) atoms. The Morgan fingerprint density at radius 3 is 3.12 bits per heavy atom. The lowest BCUT2D eigenvalue weighted by Crippen LogP contribution is -2.42. The van der Waals surface area contributed by atoms with Gasteiger partial charge in [0.25, 0.3) is 0 Å². The molecule has 2 N–H and O–H groups in total. The van der Waals surface area contributed by atoms with Gasteiger partial charge < -0.3 is 5.73 Å². The lowest BCUT2D eigenvalue weighted by Gasteiger charge is -2.36. The van der Waals surface area contributed by atoms with E-state index in [1.807, 2.05) is 6.20 Å². The molecule has 1 fully saturated rings. The fourth-order valence-corrected chi connectivity index (χ4v) is 3.27. The molecule has 1 aromatic heterocycles. The third-order valence-corrected chi connectivity index (χ3v) is 4.51. The van der Waals surface area contributed by atoms with Gasteiger partial charge in [-0.3, -0.25) is 4.90 Å². The maximum atomic E-state index is 5.83. The molecule has 1 aromatic rings. The molecule has 0 radical (unpaired) electrons. The van der Waals surface area contributed by atoms with E-state index in [1.54, 1.807) is 11.3 Å². The van der Waals surface area contributed by atoms with Crippen LogP contribution in [0.5, 0.6) is 0 Å². The first-order valence-corrected chi connectivity index (χ1v) is 6.91. The number of hydrogen-bond donors (Lipinski definition) is 1. The second-order valence-electron chi connectivity index (χ2n) is 4.58. The maximum Gasteiger partial charge on any atom is 0.183 e. The van der Waals surface area contributed by atoms with Crippen molar-refractivity contribution in [2.24, 2.45) is 17.6 Å². The first-order chi connectivity index (χ1) is 7.69. The molecule has 1 aliphatic rings. The number of nitrogens with two attached hydrogens (primary N) is 1. The van der Waals surface area contributed by atoms with Gasteiger partial charge in [-0.05, 0) is 31.3 Å². The van der Waals surface area contributed by atoms with Gasteiger partial charge in [0.2, 0.25) is 0 Å².